The molecule has 4 rings (SSSR count). The fourth-order valence-corrected chi connectivity index (χ4v) is 5.30. The second-order valence-electron chi connectivity index (χ2n) is 13.0. The van der Waals surface area contributed by atoms with Crippen LogP contribution in [0.2, 0.25) is 10.0 Å². The third-order valence-electron chi connectivity index (χ3n) is 6.81. The van der Waals surface area contributed by atoms with Crippen molar-refractivity contribution in [1.82, 2.24) is 9.80 Å². The number of ether oxygens (including phenoxy) is 2. The van der Waals surface area contributed by atoms with E-state index in [-0.39, 0.29) is 36.7 Å². The van der Waals surface area contributed by atoms with E-state index in [0.717, 1.165) is 11.1 Å². The zero-order chi connectivity index (χ0) is 31.2. The molecule has 2 aliphatic rings. The summed E-state index contributed by atoms with van der Waals surface area (Å²) < 4.78 is 10.8. The molecular formula is C32H45Cl3N2O6. The van der Waals surface area contributed by atoms with Gasteiger partial charge in [-0.15, -0.1) is 12.4 Å². The number of benzene rings is 2. The van der Waals surface area contributed by atoms with Crippen molar-refractivity contribution in [3.63, 3.8) is 0 Å². The molecule has 0 aromatic heterocycles. The van der Waals surface area contributed by atoms with Crippen LogP contribution in [-0.2, 0) is 22.3 Å². The number of halogens is 3. The van der Waals surface area contributed by atoms with Gasteiger partial charge in [0, 0.05) is 22.1 Å². The first kappa shape index (κ1) is 37.0. The van der Waals surface area contributed by atoms with Crippen molar-refractivity contribution < 1.29 is 29.3 Å². The molecule has 0 spiro atoms. The standard InChI is InChI=1S/2C16H22ClNO3.ClH/c2*1-16(2,3)21-15(20)18-10-14(19)9-13(18)8-11-4-6-12(17)7-5-11;/h2*4-7,13-14,19H,8-10H2,1-3H3;1H/t2*13-,14+;/m00./s1. The van der Waals surface area contributed by atoms with E-state index in [0.29, 0.717) is 48.8 Å². The Morgan fingerprint density at radius 2 is 1.00 bits per heavy atom. The molecule has 0 unspecified atom stereocenters. The molecule has 2 saturated heterocycles. The first-order chi connectivity index (χ1) is 19.5. The highest BCUT2D eigenvalue weighted by Crippen LogP contribution is 2.26. The van der Waals surface area contributed by atoms with Gasteiger partial charge in [-0.05, 0) is 103 Å². The lowest BCUT2D eigenvalue weighted by atomic mass is 10.0. The Hall–Kier alpha value is -2.23. The van der Waals surface area contributed by atoms with Crippen LogP contribution in [0, 0.1) is 0 Å². The van der Waals surface area contributed by atoms with Gasteiger partial charge in [0.2, 0.25) is 0 Å². The predicted octanol–water partition coefficient (Wildman–Crippen LogP) is 6.93. The molecule has 2 N–H and O–H groups in total. The molecule has 2 aliphatic heterocycles. The maximum atomic E-state index is 12.2. The molecule has 2 aromatic carbocycles. The van der Waals surface area contributed by atoms with Crippen LogP contribution in [0.25, 0.3) is 0 Å². The number of hydrogen-bond donors (Lipinski definition) is 2. The van der Waals surface area contributed by atoms with E-state index in [1.54, 1.807) is 9.80 Å². The molecule has 11 heteroatoms. The van der Waals surface area contributed by atoms with E-state index in [9.17, 15) is 19.8 Å². The summed E-state index contributed by atoms with van der Waals surface area (Å²) in [6.45, 7) is 11.7. The average Bonchev–Trinajstić information content (AvgIpc) is 3.42. The second kappa shape index (κ2) is 15.7. The monoisotopic (exact) mass is 658 g/mol. The average molecular weight is 660 g/mol. The number of likely N-dealkylation sites (tertiary alicyclic amines) is 2. The van der Waals surface area contributed by atoms with Gasteiger partial charge >= 0.3 is 12.2 Å². The van der Waals surface area contributed by atoms with Crippen molar-refractivity contribution in [2.75, 3.05) is 13.1 Å². The van der Waals surface area contributed by atoms with Gasteiger partial charge < -0.3 is 29.5 Å². The van der Waals surface area contributed by atoms with Gasteiger partial charge in [-0.3, -0.25) is 0 Å². The van der Waals surface area contributed by atoms with Crippen LogP contribution in [0.15, 0.2) is 48.5 Å². The molecule has 0 radical (unpaired) electrons. The Labute approximate surface area is 271 Å². The molecule has 8 nitrogen and oxygen atoms in total. The summed E-state index contributed by atoms with van der Waals surface area (Å²) >= 11 is 11.8. The molecule has 2 aromatic rings. The lowest BCUT2D eigenvalue weighted by Gasteiger charge is -2.28. The van der Waals surface area contributed by atoms with Crippen LogP contribution in [0.4, 0.5) is 9.59 Å². The minimum atomic E-state index is -0.532. The third kappa shape index (κ3) is 12.4. The second-order valence-corrected chi connectivity index (χ2v) is 13.9. The number of amides is 2. The highest BCUT2D eigenvalue weighted by atomic mass is 35.5. The number of aliphatic hydroxyl groups excluding tert-OH is 2. The third-order valence-corrected chi connectivity index (χ3v) is 7.31. The summed E-state index contributed by atoms with van der Waals surface area (Å²) in [7, 11) is 0. The molecule has 240 valence electrons. The Morgan fingerprint density at radius 1 is 0.698 bits per heavy atom. The fourth-order valence-electron chi connectivity index (χ4n) is 5.04. The summed E-state index contributed by atoms with van der Waals surface area (Å²) in [6.07, 6.45) is 0.811. The number of rotatable bonds is 4. The smallest absolute Gasteiger partial charge is 0.410 e. The lowest BCUT2D eigenvalue weighted by Crippen LogP contribution is -2.41. The van der Waals surface area contributed by atoms with Crippen LogP contribution in [-0.4, -0.2) is 80.8 Å². The maximum absolute atomic E-state index is 12.2. The highest BCUT2D eigenvalue weighted by molar-refractivity contribution is 6.30. The molecule has 0 aliphatic carbocycles. The van der Waals surface area contributed by atoms with Gasteiger partial charge in [0.25, 0.3) is 0 Å². The zero-order valence-electron chi connectivity index (χ0n) is 25.8. The Kier molecular flexibility index (Phi) is 13.5. The van der Waals surface area contributed by atoms with Gasteiger partial charge in [-0.2, -0.15) is 0 Å². The summed E-state index contributed by atoms with van der Waals surface area (Å²) in [6, 6.07) is 15.0. The SMILES string of the molecule is CC(C)(C)OC(=O)N1C[C@H](O)C[C@@H]1Cc1ccc(Cl)cc1.CC(C)(C)OC(=O)N1C[C@H](O)C[C@@H]1Cc1ccc(Cl)cc1.Cl. The first-order valence-corrected chi connectivity index (χ1v) is 15.1. The van der Waals surface area contributed by atoms with Crippen LogP contribution in [0.1, 0.15) is 65.5 Å². The molecule has 43 heavy (non-hydrogen) atoms. The molecule has 2 amide bonds. The molecule has 4 atom stereocenters. The highest BCUT2D eigenvalue weighted by Gasteiger charge is 2.37. The summed E-state index contributed by atoms with van der Waals surface area (Å²) in [5.41, 5.74) is 1.12. The van der Waals surface area contributed by atoms with Crippen molar-refractivity contribution >= 4 is 47.8 Å². The van der Waals surface area contributed by atoms with E-state index >= 15 is 0 Å². The summed E-state index contributed by atoms with van der Waals surface area (Å²) in [4.78, 5) is 27.7. The molecule has 0 saturated carbocycles. The number of carbonyl (C=O) groups is 2. The van der Waals surface area contributed by atoms with Gasteiger partial charge in [-0.1, -0.05) is 47.5 Å². The Balaban J connectivity index is 0.000000293. The van der Waals surface area contributed by atoms with Crippen molar-refractivity contribution in [2.24, 2.45) is 0 Å². The predicted molar refractivity (Wildman–Crippen MR) is 172 cm³/mol. The van der Waals surface area contributed by atoms with Crippen molar-refractivity contribution in [3.8, 4) is 0 Å². The molecule has 0 bridgehead atoms. The minimum absolute atomic E-state index is 0. The fraction of sp³-hybridized carbons (Fsp3) is 0.562. The van der Waals surface area contributed by atoms with Crippen molar-refractivity contribution in [1.29, 1.82) is 0 Å². The van der Waals surface area contributed by atoms with Crippen LogP contribution in [0.3, 0.4) is 0 Å². The van der Waals surface area contributed by atoms with E-state index in [1.165, 1.54) is 0 Å². The number of nitrogens with zero attached hydrogens (tertiary/aromatic N) is 2. The van der Waals surface area contributed by atoms with Gasteiger partial charge in [0.1, 0.15) is 11.2 Å². The largest absolute Gasteiger partial charge is 0.444 e. The van der Waals surface area contributed by atoms with Gasteiger partial charge in [-0.25, -0.2) is 9.59 Å². The maximum Gasteiger partial charge on any atom is 0.410 e. The van der Waals surface area contributed by atoms with E-state index < -0.39 is 23.4 Å². The molecule has 2 fully saturated rings. The quantitative estimate of drug-likeness (QED) is 0.370. The number of aliphatic hydroxyl groups is 2. The first-order valence-electron chi connectivity index (χ1n) is 14.3. The van der Waals surface area contributed by atoms with E-state index in [2.05, 4.69) is 0 Å². The van der Waals surface area contributed by atoms with Crippen LogP contribution < -0.4 is 0 Å². The van der Waals surface area contributed by atoms with Crippen LogP contribution >= 0.6 is 35.6 Å². The Bertz CT molecular complexity index is 1090. The van der Waals surface area contributed by atoms with Crippen molar-refractivity contribution in [2.45, 2.75) is 103 Å². The number of β-amino-alcohol motifs (C(OH)–C–C–N with tert-alkyl or cyclic N) is 2. The van der Waals surface area contributed by atoms with E-state index in [4.69, 9.17) is 32.7 Å². The number of carbonyl (C=O) groups excluding carboxylic acids is 2. The van der Waals surface area contributed by atoms with Gasteiger partial charge in [0.05, 0.1) is 25.3 Å². The van der Waals surface area contributed by atoms with Gasteiger partial charge in [0.15, 0.2) is 0 Å². The van der Waals surface area contributed by atoms with Crippen molar-refractivity contribution in [3.05, 3.63) is 69.7 Å². The summed E-state index contributed by atoms with van der Waals surface area (Å²) in [5.74, 6) is 0. The molecule has 2 heterocycles. The summed E-state index contributed by atoms with van der Waals surface area (Å²) in [5, 5.41) is 21.1. The Morgan fingerprint density at radius 3 is 1.28 bits per heavy atom. The van der Waals surface area contributed by atoms with E-state index in [1.807, 2.05) is 90.1 Å². The topological polar surface area (TPSA) is 99.5 Å². The number of hydrogen-bond acceptors (Lipinski definition) is 6. The minimum Gasteiger partial charge on any atom is -0.444 e. The zero-order valence-corrected chi connectivity index (χ0v) is 28.1. The lowest BCUT2D eigenvalue weighted by molar-refractivity contribution is 0.0199. The normalized spacial score (nSPS) is 21.9. The van der Waals surface area contributed by atoms with Crippen LogP contribution in [0.5, 0.6) is 0 Å². The molecular weight excluding hydrogens is 615 g/mol.